The highest BCUT2D eigenvalue weighted by Gasteiger charge is 2.54. The van der Waals surface area contributed by atoms with Crippen molar-refractivity contribution in [3.63, 3.8) is 0 Å². The second-order valence-electron chi connectivity index (χ2n) is 15.9. The van der Waals surface area contributed by atoms with E-state index in [0.29, 0.717) is 13.1 Å². The molecular weight excluding hydrogens is 762 g/mol. The Morgan fingerprint density at radius 1 is 0.407 bits per heavy atom. The largest absolute Gasteiger partial charge is 0.241 e. The lowest BCUT2D eigenvalue weighted by Crippen LogP contribution is -2.32. The summed E-state index contributed by atoms with van der Waals surface area (Å²) in [7, 11) is -6.59. The van der Waals surface area contributed by atoms with Crippen molar-refractivity contribution < 1.29 is 8.78 Å². The Morgan fingerprint density at radius 3 is 0.981 bits per heavy atom. The molecule has 2 aromatic rings. The second-order valence-corrected chi connectivity index (χ2v) is 27.9. The molecule has 9 rings (SSSR count). The molecule has 0 radical (unpaired) electrons. The zero-order valence-electron chi connectivity index (χ0n) is 32.1. The fraction of sp³-hybridized carbons (Fsp3) is 0.667. The number of hydrogen-bond donors (Lipinski definition) is 0. The van der Waals surface area contributed by atoms with Crippen molar-refractivity contribution in [3.05, 3.63) is 71.3 Å². The summed E-state index contributed by atoms with van der Waals surface area (Å²) in [5, 5.41) is 0. The molecule has 0 amide bonds. The molecule has 18 heteroatoms. The molecule has 54 heavy (non-hydrogen) atoms. The van der Waals surface area contributed by atoms with Crippen LogP contribution in [0.3, 0.4) is 0 Å². The third kappa shape index (κ3) is 6.76. The lowest BCUT2D eigenvalue weighted by Gasteiger charge is -2.48. The van der Waals surface area contributed by atoms with Gasteiger partial charge < -0.3 is 0 Å². The Bertz CT molecular complexity index is 1720. The van der Waals surface area contributed by atoms with Gasteiger partial charge in [0.2, 0.25) is 30.0 Å². The van der Waals surface area contributed by atoms with E-state index in [1.54, 1.807) is 24.3 Å². The number of rotatable bonds is 8. The van der Waals surface area contributed by atoms with Crippen LogP contribution in [-0.4, -0.2) is 130 Å². The summed E-state index contributed by atoms with van der Waals surface area (Å²) in [6.45, 7) is 12.7. The number of likely N-dealkylation sites (N-methyl/N-ethyl adjacent to an activating group) is 2. The van der Waals surface area contributed by atoms with E-state index in [2.05, 4.69) is 51.5 Å². The Labute approximate surface area is 321 Å². The molecule has 296 valence electrons. The number of hydrogen-bond acceptors (Lipinski definition) is 12. The van der Waals surface area contributed by atoms with Crippen molar-refractivity contribution in [2.24, 2.45) is 18.1 Å². The first kappa shape index (κ1) is 38.4. The monoisotopic (exact) mass is 820 g/mol. The SMILES string of the molecule is CN1CCN(Cc2ccc(F)cc2)P12=NP(N1CCCC1)(N1CCCC1)=NP1(=NP(N3CCCC3)(N3CCCC3)=N2)N(C)CCN1Cc1ccc(F)cc1. The number of benzene rings is 2. The van der Waals surface area contributed by atoms with Crippen LogP contribution in [0.25, 0.3) is 0 Å². The van der Waals surface area contributed by atoms with Crippen LogP contribution in [-0.2, 0) is 13.1 Å². The number of halogens is 2. The maximum atomic E-state index is 14.3. The minimum atomic E-state index is -2.81. The highest BCUT2D eigenvalue weighted by Crippen LogP contribution is 2.85. The van der Waals surface area contributed by atoms with Gasteiger partial charge in [-0.1, -0.05) is 24.3 Å². The zero-order chi connectivity index (χ0) is 37.0. The quantitative estimate of drug-likeness (QED) is 0.244. The van der Waals surface area contributed by atoms with Crippen molar-refractivity contribution >= 4 is 30.0 Å². The molecule has 0 N–H and O–H groups in total. The third-order valence-electron chi connectivity index (χ3n) is 12.4. The molecule has 0 aliphatic carbocycles. The minimum absolute atomic E-state index is 0.208. The predicted octanol–water partition coefficient (Wildman–Crippen LogP) is 9.34. The van der Waals surface area contributed by atoms with Gasteiger partial charge >= 0.3 is 0 Å². The minimum Gasteiger partial charge on any atom is -0.241 e. The lowest BCUT2D eigenvalue weighted by atomic mass is 10.2. The Balaban J connectivity index is 1.38. The Morgan fingerprint density at radius 2 is 0.685 bits per heavy atom. The van der Waals surface area contributed by atoms with Crippen molar-refractivity contribution in [1.82, 2.24) is 37.4 Å². The van der Waals surface area contributed by atoms with E-state index < -0.39 is 30.0 Å². The fourth-order valence-electron chi connectivity index (χ4n) is 9.34. The first-order chi connectivity index (χ1) is 26.2. The van der Waals surface area contributed by atoms with E-state index in [1.807, 2.05) is 24.3 Å². The van der Waals surface area contributed by atoms with Crippen LogP contribution in [0.5, 0.6) is 0 Å². The second kappa shape index (κ2) is 15.6. The number of nitrogens with zero attached hydrogens (tertiary/aromatic N) is 12. The van der Waals surface area contributed by atoms with Gasteiger partial charge in [0.05, 0.1) is 0 Å². The van der Waals surface area contributed by atoms with Gasteiger partial charge in [0, 0.05) is 91.6 Å². The van der Waals surface area contributed by atoms with Crippen LogP contribution in [0.2, 0.25) is 0 Å². The first-order valence-corrected chi connectivity index (χ1v) is 26.6. The van der Waals surface area contributed by atoms with Gasteiger partial charge in [0.15, 0.2) is 0 Å². The highest BCUT2D eigenvalue weighted by molar-refractivity contribution is 7.83. The summed E-state index contributed by atoms with van der Waals surface area (Å²) in [6.07, 6.45) is 9.18. The molecule has 6 saturated heterocycles. The molecule has 0 aromatic heterocycles. The maximum absolute atomic E-state index is 14.3. The summed E-state index contributed by atoms with van der Waals surface area (Å²) in [4.78, 5) is 0. The molecule has 2 aromatic carbocycles. The molecule has 7 aliphatic rings. The van der Waals surface area contributed by atoms with E-state index in [-0.39, 0.29) is 11.6 Å². The van der Waals surface area contributed by atoms with Gasteiger partial charge in [-0.25, -0.2) is 46.1 Å². The molecule has 12 nitrogen and oxygen atoms in total. The van der Waals surface area contributed by atoms with Crippen LogP contribution >= 0.6 is 30.0 Å². The van der Waals surface area contributed by atoms with Gasteiger partial charge in [-0.15, -0.1) is 0 Å². The van der Waals surface area contributed by atoms with Crippen LogP contribution in [0, 0.1) is 11.6 Å². The molecule has 2 unspecified atom stereocenters. The first-order valence-electron chi connectivity index (χ1n) is 20.2. The molecule has 2 atom stereocenters. The normalized spacial score (nSPS) is 31.9. The lowest BCUT2D eigenvalue weighted by molar-refractivity contribution is 0.454. The average Bonchev–Trinajstić information content (AvgIpc) is 4.02. The van der Waals surface area contributed by atoms with Gasteiger partial charge in [-0.2, -0.15) is 18.1 Å². The van der Waals surface area contributed by atoms with Crippen LogP contribution in [0.1, 0.15) is 62.5 Å². The van der Waals surface area contributed by atoms with E-state index in [1.165, 1.54) is 0 Å². The van der Waals surface area contributed by atoms with E-state index in [4.69, 9.17) is 18.1 Å². The molecular formula is C36H58F2N12P4. The van der Waals surface area contributed by atoms with Crippen molar-refractivity contribution in [1.29, 1.82) is 0 Å². The average molecular weight is 821 g/mol. The Kier molecular flexibility index (Phi) is 11.1. The molecule has 0 bridgehead atoms. The zero-order valence-corrected chi connectivity index (χ0v) is 35.7. The highest BCUT2D eigenvalue weighted by atomic mass is 31.3. The van der Waals surface area contributed by atoms with Crippen LogP contribution < -0.4 is 0 Å². The smallest absolute Gasteiger partial charge is 0.221 e. The summed E-state index contributed by atoms with van der Waals surface area (Å²) in [5.41, 5.74) is 2.19. The van der Waals surface area contributed by atoms with E-state index in [9.17, 15) is 8.78 Å². The van der Waals surface area contributed by atoms with Crippen molar-refractivity contribution in [2.75, 3.05) is 92.6 Å². The molecule has 2 spiro atoms. The van der Waals surface area contributed by atoms with Crippen molar-refractivity contribution in [3.8, 4) is 0 Å². The van der Waals surface area contributed by atoms with Gasteiger partial charge in [-0.05, 0) is 101 Å². The van der Waals surface area contributed by atoms with Gasteiger partial charge in [0.25, 0.3) is 0 Å². The van der Waals surface area contributed by atoms with Crippen LogP contribution in [0.4, 0.5) is 8.78 Å². The van der Waals surface area contributed by atoms with E-state index in [0.717, 1.165) is 141 Å². The van der Waals surface area contributed by atoms with E-state index >= 15 is 0 Å². The third-order valence-corrected chi connectivity index (χ3v) is 29.2. The summed E-state index contributed by atoms with van der Waals surface area (Å²) in [6, 6.07) is 14.1. The molecule has 0 saturated carbocycles. The van der Waals surface area contributed by atoms with Gasteiger partial charge in [-0.3, -0.25) is 0 Å². The fourth-order valence-corrected chi connectivity index (χ4v) is 31.0. The molecule has 7 aliphatic heterocycles. The standard InChI is InChI=1S/C36H58F2N12P4/c1-43-27-29-49(31-33-11-15-35(37)16-12-33)51(43)39-53(45-19-3-4-20-45,46-21-5-6-22-46)41-52(44(2)28-30-50(52)32-34-13-17-36(38)18-14-34)42-54(40-51,47-23-7-8-24-47)48-25-9-10-26-48/h11-18H,3-10,19-32H2,1-2H3. The van der Waals surface area contributed by atoms with Crippen LogP contribution in [0.15, 0.2) is 66.6 Å². The maximum Gasteiger partial charge on any atom is 0.221 e. The van der Waals surface area contributed by atoms with Crippen molar-refractivity contribution in [2.45, 2.75) is 64.5 Å². The van der Waals surface area contributed by atoms with Gasteiger partial charge in [0.1, 0.15) is 11.6 Å². The molecule has 7 heterocycles. The molecule has 6 fully saturated rings. The summed E-state index contributed by atoms with van der Waals surface area (Å²) >= 11 is 0. The summed E-state index contributed by atoms with van der Waals surface area (Å²) < 4.78 is 75.7. The Hall–Kier alpha value is -1.10. The topological polar surface area (TPSA) is 75.4 Å². The summed E-state index contributed by atoms with van der Waals surface area (Å²) in [5.74, 6) is -0.415. The predicted molar refractivity (Wildman–Crippen MR) is 219 cm³/mol.